The van der Waals surface area contributed by atoms with E-state index in [1.165, 1.54) is 0 Å². The number of ether oxygens (including phenoxy) is 1. The van der Waals surface area contributed by atoms with Crippen molar-refractivity contribution in [3.63, 3.8) is 0 Å². The Kier molecular flexibility index (Phi) is 3.20. The molecule has 4 aromatic rings. The maximum absolute atomic E-state index is 5.38. The Morgan fingerprint density at radius 2 is 2.00 bits per heavy atom. The third-order valence-electron chi connectivity index (χ3n) is 3.51. The number of H-pyrrole nitrogens is 1. The molecule has 23 heavy (non-hydrogen) atoms. The van der Waals surface area contributed by atoms with E-state index < -0.39 is 0 Å². The molecule has 6 heteroatoms. The van der Waals surface area contributed by atoms with Crippen LogP contribution in [0.2, 0.25) is 0 Å². The van der Waals surface area contributed by atoms with E-state index in [0.717, 1.165) is 22.5 Å². The zero-order valence-corrected chi connectivity index (χ0v) is 12.4. The van der Waals surface area contributed by atoms with Crippen LogP contribution >= 0.6 is 0 Å². The van der Waals surface area contributed by atoms with Crippen molar-refractivity contribution in [2.75, 3.05) is 12.4 Å². The number of furan rings is 1. The standard InChI is InChI=1S/C17H14N4O2/c1-22-12-6-4-11(5-7-12)19-17-15-13(8-9-18-17)20-16(21-15)14-3-2-10-23-14/h2-10H,1H3,(H,18,19)(H,20,21). The summed E-state index contributed by atoms with van der Waals surface area (Å²) in [6.45, 7) is 0. The van der Waals surface area contributed by atoms with Gasteiger partial charge in [-0.2, -0.15) is 0 Å². The van der Waals surface area contributed by atoms with Gasteiger partial charge in [0.05, 0.1) is 18.9 Å². The van der Waals surface area contributed by atoms with Crippen molar-refractivity contribution in [2.24, 2.45) is 0 Å². The van der Waals surface area contributed by atoms with Crippen LogP contribution in [0.15, 0.2) is 59.3 Å². The highest BCUT2D eigenvalue weighted by Gasteiger charge is 2.11. The van der Waals surface area contributed by atoms with E-state index in [9.17, 15) is 0 Å². The molecule has 6 nitrogen and oxygen atoms in total. The number of nitrogens with one attached hydrogen (secondary N) is 2. The fraction of sp³-hybridized carbons (Fsp3) is 0.0588. The monoisotopic (exact) mass is 306 g/mol. The molecule has 0 aliphatic heterocycles. The van der Waals surface area contributed by atoms with Gasteiger partial charge in [-0.15, -0.1) is 0 Å². The number of aromatic amines is 1. The van der Waals surface area contributed by atoms with Crippen molar-refractivity contribution in [3.05, 3.63) is 54.9 Å². The molecule has 114 valence electrons. The summed E-state index contributed by atoms with van der Waals surface area (Å²) in [7, 11) is 1.64. The van der Waals surface area contributed by atoms with Crippen LogP contribution in [-0.2, 0) is 0 Å². The second-order valence-corrected chi connectivity index (χ2v) is 4.97. The molecular formula is C17H14N4O2. The highest BCUT2D eigenvalue weighted by atomic mass is 16.5. The minimum atomic E-state index is 0.677. The van der Waals surface area contributed by atoms with E-state index in [1.54, 1.807) is 19.6 Å². The van der Waals surface area contributed by atoms with Gasteiger partial charge in [0, 0.05) is 11.9 Å². The molecule has 0 atom stereocenters. The first kappa shape index (κ1) is 13.4. The van der Waals surface area contributed by atoms with Gasteiger partial charge in [-0.25, -0.2) is 9.97 Å². The average Bonchev–Trinajstić information content (AvgIpc) is 3.25. The predicted molar refractivity (Wildman–Crippen MR) is 87.9 cm³/mol. The molecule has 1 aromatic carbocycles. The number of imidazole rings is 1. The molecule has 0 spiro atoms. The van der Waals surface area contributed by atoms with Gasteiger partial charge in [0.15, 0.2) is 17.4 Å². The van der Waals surface area contributed by atoms with Crippen LogP contribution in [0.1, 0.15) is 0 Å². The van der Waals surface area contributed by atoms with Crippen LogP contribution in [0.4, 0.5) is 11.5 Å². The normalized spacial score (nSPS) is 10.8. The van der Waals surface area contributed by atoms with Crippen molar-refractivity contribution in [2.45, 2.75) is 0 Å². The third kappa shape index (κ3) is 2.50. The van der Waals surface area contributed by atoms with Crippen LogP contribution in [0.25, 0.3) is 22.6 Å². The lowest BCUT2D eigenvalue weighted by atomic mass is 10.3. The number of anilines is 2. The first-order chi connectivity index (χ1) is 11.3. The van der Waals surface area contributed by atoms with E-state index in [1.807, 2.05) is 42.5 Å². The number of aromatic nitrogens is 3. The summed E-state index contributed by atoms with van der Waals surface area (Å²) in [6.07, 6.45) is 3.36. The van der Waals surface area contributed by atoms with E-state index in [0.29, 0.717) is 17.4 Å². The molecule has 2 N–H and O–H groups in total. The Morgan fingerprint density at radius 1 is 1.13 bits per heavy atom. The molecule has 0 aliphatic rings. The lowest BCUT2D eigenvalue weighted by Crippen LogP contribution is -1.94. The highest BCUT2D eigenvalue weighted by molar-refractivity contribution is 5.89. The van der Waals surface area contributed by atoms with E-state index in [2.05, 4.69) is 20.3 Å². The third-order valence-corrected chi connectivity index (χ3v) is 3.51. The van der Waals surface area contributed by atoms with Crippen molar-refractivity contribution < 1.29 is 9.15 Å². The summed E-state index contributed by atoms with van der Waals surface area (Å²) in [5.41, 5.74) is 2.56. The van der Waals surface area contributed by atoms with Crippen molar-refractivity contribution in [1.82, 2.24) is 15.0 Å². The molecule has 0 saturated carbocycles. The van der Waals surface area contributed by atoms with E-state index >= 15 is 0 Å². The fourth-order valence-corrected chi connectivity index (χ4v) is 2.37. The summed E-state index contributed by atoms with van der Waals surface area (Å²) in [6, 6.07) is 13.2. The quantitative estimate of drug-likeness (QED) is 0.596. The summed E-state index contributed by atoms with van der Waals surface area (Å²) >= 11 is 0. The van der Waals surface area contributed by atoms with Gasteiger partial charge in [0.2, 0.25) is 0 Å². The van der Waals surface area contributed by atoms with Gasteiger partial charge in [0.1, 0.15) is 11.3 Å². The number of benzene rings is 1. The maximum atomic E-state index is 5.38. The fourth-order valence-electron chi connectivity index (χ4n) is 2.37. The predicted octanol–water partition coefficient (Wildman–Crippen LogP) is 3.97. The summed E-state index contributed by atoms with van der Waals surface area (Å²) < 4.78 is 10.5. The van der Waals surface area contributed by atoms with Crippen LogP contribution in [0.5, 0.6) is 5.75 Å². The van der Waals surface area contributed by atoms with Gasteiger partial charge >= 0.3 is 0 Å². The summed E-state index contributed by atoms with van der Waals surface area (Å²) in [5, 5.41) is 3.28. The zero-order valence-electron chi connectivity index (χ0n) is 12.4. The first-order valence-electron chi connectivity index (χ1n) is 7.13. The molecule has 0 amide bonds. The minimum absolute atomic E-state index is 0.677. The van der Waals surface area contributed by atoms with Gasteiger partial charge in [0.25, 0.3) is 0 Å². The lowest BCUT2D eigenvalue weighted by Gasteiger charge is -2.06. The lowest BCUT2D eigenvalue weighted by molar-refractivity contribution is 0.415. The molecule has 0 saturated heterocycles. The molecule has 3 aromatic heterocycles. The Hall–Kier alpha value is -3.28. The van der Waals surface area contributed by atoms with Gasteiger partial charge < -0.3 is 19.5 Å². The number of hydrogen-bond acceptors (Lipinski definition) is 5. The number of rotatable bonds is 4. The Morgan fingerprint density at radius 3 is 2.74 bits per heavy atom. The van der Waals surface area contributed by atoms with Crippen molar-refractivity contribution in [1.29, 1.82) is 0 Å². The van der Waals surface area contributed by atoms with Crippen LogP contribution in [0, 0.1) is 0 Å². The number of hydrogen-bond donors (Lipinski definition) is 2. The molecule has 0 radical (unpaired) electrons. The highest BCUT2D eigenvalue weighted by Crippen LogP contribution is 2.27. The number of fused-ring (bicyclic) bond motifs is 1. The number of pyridine rings is 1. The Labute approximate surface area is 132 Å². The molecule has 0 fully saturated rings. The number of nitrogens with zero attached hydrogens (tertiary/aromatic N) is 2. The van der Waals surface area contributed by atoms with Crippen molar-refractivity contribution >= 4 is 22.5 Å². The molecule has 0 aliphatic carbocycles. The van der Waals surface area contributed by atoms with Crippen molar-refractivity contribution in [3.8, 4) is 17.3 Å². The van der Waals surface area contributed by atoms with Crippen LogP contribution in [-0.4, -0.2) is 22.1 Å². The Bertz CT molecular complexity index is 927. The minimum Gasteiger partial charge on any atom is -0.497 e. The average molecular weight is 306 g/mol. The van der Waals surface area contributed by atoms with E-state index in [4.69, 9.17) is 9.15 Å². The second-order valence-electron chi connectivity index (χ2n) is 4.97. The smallest absolute Gasteiger partial charge is 0.174 e. The van der Waals surface area contributed by atoms with E-state index in [-0.39, 0.29) is 0 Å². The maximum Gasteiger partial charge on any atom is 0.174 e. The van der Waals surface area contributed by atoms with Gasteiger partial charge in [-0.1, -0.05) is 0 Å². The number of methoxy groups -OCH3 is 1. The molecule has 0 unspecified atom stereocenters. The van der Waals surface area contributed by atoms with Crippen LogP contribution in [0.3, 0.4) is 0 Å². The summed E-state index contributed by atoms with van der Waals surface area (Å²) in [5.74, 6) is 2.86. The molecule has 4 rings (SSSR count). The Balaban J connectivity index is 1.71. The largest absolute Gasteiger partial charge is 0.497 e. The summed E-state index contributed by atoms with van der Waals surface area (Å²) in [4.78, 5) is 12.2. The van der Waals surface area contributed by atoms with Crippen LogP contribution < -0.4 is 10.1 Å². The second kappa shape index (κ2) is 5.49. The van der Waals surface area contributed by atoms with Gasteiger partial charge in [-0.3, -0.25) is 0 Å². The first-order valence-corrected chi connectivity index (χ1v) is 7.13. The zero-order chi connectivity index (χ0) is 15.6. The topological polar surface area (TPSA) is 76.0 Å². The SMILES string of the molecule is COc1ccc(Nc2nccc3[nH]c(-c4ccco4)nc23)cc1. The molecular weight excluding hydrogens is 292 g/mol. The molecule has 3 heterocycles. The van der Waals surface area contributed by atoms with Gasteiger partial charge in [-0.05, 0) is 42.5 Å². The molecule has 0 bridgehead atoms.